The van der Waals surface area contributed by atoms with Gasteiger partial charge in [-0.05, 0) is 84.2 Å². The van der Waals surface area contributed by atoms with Crippen LogP contribution in [0, 0.1) is 11.8 Å². The average molecular weight is 813 g/mol. The molecule has 6 aromatic rings. The van der Waals surface area contributed by atoms with Crippen LogP contribution in [0.2, 0.25) is 0 Å². The molecule has 3 N–H and O–H groups in total. The van der Waals surface area contributed by atoms with Gasteiger partial charge in [0.25, 0.3) is 0 Å². The van der Waals surface area contributed by atoms with Crippen LogP contribution in [0.25, 0.3) is 22.3 Å². The highest BCUT2D eigenvalue weighted by molar-refractivity contribution is 5.94. The lowest BCUT2D eigenvalue weighted by atomic mass is 9.62. The highest BCUT2D eigenvalue weighted by atomic mass is 16.3. The summed E-state index contributed by atoms with van der Waals surface area (Å²) in [5, 5.41) is 63.5. The van der Waals surface area contributed by atoms with E-state index in [9.17, 15) is 25.5 Å². The second kappa shape index (κ2) is 18.1. The third-order valence-corrected chi connectivity index (χ3v) is 13.7. The van der Waals surface area contributed by atoms with Crippen LogP contribution in [0.15, 0.2) is 140 Å². The van der Waals surface area contributed by atoms with E-state index in [0.29, 0.717) is 23.1 Å². The summed E-state index contributed by atoms with van der Waals surface area (Å²) in [6.07, 6.45) is 9.62. The fourth-order valence-corrected chi connectivity index (χ4v) is 10.6. The molecule has 0 amide bonds. The quantitative estimate of drug-likeness (QED) is 0.113. The Bertz CT molecular complexity index is 2270. The van der Waals surface area contributed by atoms with Crippen molar-refractivity contribution in [3.63, 3.8) is 0 Å². The lowest BCUT2D eigenvalue weighted by Crippen LogP contribution is -2.63. The molecule has 61 heavy (non-hydrogen) atoms. The van der Waals surface area contributed by atoms with Gasteiger partial charge in [0.05, 0.1) is 17.1 Å². The molecule has 2 unspecified atom stereocenters. The van der Waals surface area contributed by atoms with E-state index in [1.807, 2.05) is 120 Å². The lowest BCUT2D eigenvalue weighted by Gasteiger charge is -2.61. The molecule has 7 heteroatoms. The van der Waals surface area contributed by atoms with Crippen LogP contribution in [0.1, 0.15) is 87.2 Å². The predicted octanol–water partition coefficient (Wildman–Crippen LogP) is 10.9. The molecule has 0 saturated heterocycles. The first-order chi connectivity index (χ1) is 29.9. The smallest absolute Gasteiger partial charge is 0.124 e. The lowest BCUT2D eigenvalue weighted by molar-refractivity contribution is -0.536. The Morgan fingerprint density at radius 1 is 0.459 bits per heavy atom. The van der Waals surface area contributed by atoms with Gasteiger partial charge in [-0.25, -0.2) is 0 Å². The summed E-state index contributed by atoms with van der Waals surface area (Å²) in [7, 11) is 0. The van der Waals surface area contributed by atoms with E-state index in [4.69, 9.17) is 0 Å². The zero-order valence-electron chi connectivity index (χ0n) is 34.8. The van der Waals surface area contributed by atoms with Crippen molar-refractivity contribution in [1.82, 2.24) is 0 Å². The first-order valence-corrected chi connectivity index (χ1v) is 22.4. The van der Waals surface area contributed by atoms with Crippen LogP contribution >= 0.6 is 0 Å². The number of aromatic hydroxyl groups is 3. The number of hydrogen-bond acceptors (Lipinski definition) is 7. The van der Waals surface area contributed by atoms with Crippen molar-refractivity contribution in [3.8, 4) is 39.5 Å². The molecule has 0 spiro atoms. The van der Waals surface area contributed by atoms with Gasteiger partial charge >= 0.3 is 0 Å². The maximum atomic E-state index is 14.2. The number of phenolic OH excluding ortho intramolecular Hbond substituents is 3. The van der Waals surface area contributed by atoms with Crippen molar-refractivity contribution in [2.45, 2.75) is 88.3 Å². The fourth-order valence-electron chi connectivity index (χ4n) is 10.6. The molecule has 9 rings (SSSR count). The summed E-state index contributed by atoms with van der Waals surface area (Å²) in [4.78, 5) is 4.45. The van der Waals surface area contributed by atoms with Crippen LogP contribution in [0.5, 0.6) is 17.2 Å². The molecule has 3 fully saturated rings. The Kier molecular flexibility index (Phi) is 12.0. The van der Waals surface area contributed by atoms with Gasteiger partial charge in [0.2, 0.25) is 0 Å². The number of para-hydroxylation sites is 2. The van der Waals surface area contributed by atoms with Gasteiger partial charge in [0.1, 0.15) is 17.2 Å². The van der Waals surface area contributed by atoms with E-state index in [1.54, 1.807) is 24.3 Å². The van der Waals surface area contributed by atoms with Crippen molar-refractivity contribution < 1.29 is 25.5 Å². The zero-order valence-corrected chi connectivity index (χ0v) is 34.8. The van der Waals surface area contributed by atoms with Gasteiger partial charge in [0.15, 0.2) is 0 Å². The molecule has 0 aromatic heterocycles. The van der Waals surface area contributed by atoms with Gasteiger partial charge in [-0.15, -0.1) is 12.2 Å². The van der Waals surface area contributed by atoms with Crippen molar-refractivity contribution >= 4 is 22.7 Å². The molecule has 0 radical (unpaired) electrons. The topological polar surface area (TPSA) is 113 Å². The summed E-state index contributed by atoms with van der Waals surface area (Å²) >= 11 is 0. The maximum Gasteiger partial charge on any atom is 0.124 e. The molecule has 6 aromatic carbocycles. The van der Waals surface area contributed by atoms with E-state index in [0.717, 1.165) is 52.4 Å². The van der Waals surface area contributed by atoms with Gasteiger partial charge < -0.3 is 35.3 Å². The first-order valence-electron chi connectivity index (χ1n) is 22.4. The van der Waals surface area contributed by atoms with E-state index in [1.165, 1.54) is 64.2 Å². The minimum absolute atomic E-state index is 0.0338. The normalized spacial score (nSPS) is 20.8. The first kappa shape index (κ1) is 40.6. The van der Waals surface area contributed by atoms with Crippen LogP contribution in [-0.4, -0.2) is 40.6 Å². The average Bonchev–Trinajstić information content (AvgIpc) is 3.30. The fraction of sp³-hybridized carbons (Fsp3) is 0.333. The molecule has 0 bridgehead atoms. The zero-order chi connectivity index (χ0) is 41.9. The predicted molar refractivity (Wildman–Crippen MR) is 242 cm³/mol. The highest BCUT2D eigenvalue weighted by Crippen LogP contribution is 2.54. The van der Waals surface area contributed by atoms with E-state index in [2.05, 4.69) is 4.90 Å². The maximum absolute atomic E-state index is 14.2. The SMILES string of the molecule is [O-]C1C(c2ccc(N(CC3CCCCC3)CC3CCCCC3)cc2O)C([O-])C1c1c(O)cc(N(c2ccccc2-c2ccccc2)c2ccccc2-c2ccccc2)cc1O. The van der Waals surface area contributed by atoms with Crippen LogP contribution in [0.4, 0.5) is 22.7 Å². The molecular formula is C54H56N2O5-2. The standard InChI is InChI=1S/C54H56N2O5/c57-47-31-40(55(34-36-17-5-1-6-18-36)35-37-19-7-2-8-20-37)29-30-44(47)50-53(60)52(54(50)61)51-48(58)32-41(33-49(51)59)56(45-27-15-13-25-42(45)38-21-9-3-10-22-38)46-28-16-14-26-43(46)39-23-11-4-12-24-39/h3-4,9-16,21-33,36-37,50,52-54,57-59H,1-2,5-8,17-20,34-35H2/q-2. The van der Waals surface area contributed by atoms with Crippen molar-refractivity contribution in [2.75, 3.05) is 22.9 Å². The summed E-state index contributed by atoms with van der Waals surface area (Å²) in [5.41, 5.74) is 7.18. The van der Waals surface area contributed by atoms with Crippen LogP contribution < -0.4 is 20.0 Å². The number of nitrogens with zero attached hydrogens (tertiary/aromatic N) is 2. The minimum Gasteiger partial charge on any atom is -0.851 e. The Hall–Kier alpha value is -5.76. The molecule has 0 aliphatic heterocycles. The Morgan fingerprint density at radius 3 is 1.38 bits per heavy atom. The van der Waals surface area contributed by atoms with E-state index < -0.39 is 24.0 Å². The van der Waals surface area contributed by atoms with Crippen LogP contribution in [-0.2, 0) is 0 Å². The summed E-state index contributed by atoms with van der Waals surface area (Å²) in [5.74, 6) is -1.64. The molecule has 3 aliphatic carbocycles. The van der Waals surface area contributed by atoms with E-state index >= 15 is 0 Å². The Morgan fingerprint density at radius 2 is 0.902 bits per heavy atom. The number of phenols is 3. The number of anilines is 4. The largest absolute Gasteiger partial charge is 0.851 e. The second-order valence-electron chi connectivity index (χ2n) is 17.6. The van der Waals surface area contributed by atoms with Crippen molar-refractivity contribution in [2.24, 2.45) is 11.8 Å². The number of hydrogen-bond donors (Lipinski definition) is 3. The molecule has 0 heterocycles. The summed E-state index contributed by atoms with van der Waals surface area (Å²) in [6, 6.07) is 44.7. The molecule has 7 nitrogen and oxygen atoms in total. The molecule has 2 atom stereocenters. The second-order valence-corrected chi connectivity index (χ2v) is 17.6. The third-order valence-electron chi connectivity index (χ3n) is 13.7. The molecular weight excluding hydrogens is 757 g/mol. The Balaban J connectivity index is 1.03. The van der Waals surface area contributed by atoms with Crippen molar-refractivity contribution in [1.29, 1.82) is 0 Å². The number of benzene rings is 6. The van der Waals surface area contributed by atoms with Gasteiger partial charge in [-0.1, -0.05) is 142 Å². The molecule has 3 aliphatic rings. The summed E-state index contributed by atoms with van der Waals surface area (Å²) < 4.78 is 0. The van der Waals surface area contributed by atoms with Crippen molar-refractivity contribution in [3.05, 3.63) is 151 Å². The van der Waals surface area contributed by atoms with E-state index in [-0.39, 0.29) is 22.8 Å². The Labute approximate surface area is 360 Å². The third kappa shape index (κ3) is 8.34. The van der Waals surface area contributed by atoms with Gasteiger partial charge in [0, 0.05) is 53.7 Å². The van der Waals surface area contributed by atoms with Gasteiger partial charge in [-0.3, -0.25) is 0 Å². The highest BCUT2D eigenvalue weighted by Gasteiger charge is 2.42. The summed E-state index contributed by atoms with van der Waals surface area (Å²) in [6.45, 7) is 1.91. The molecule has 314 valence electrons. The number of rotatable bonds is 12. The van der Waals surface area contributed by atoms with Crippen LogP contribution in [0.3, 0.4) is 0 Å². The monoisotopic (exact) mass is 812 g/mol. The van der Waals surface area contributed by atoms with Gasteiger partial charge in [-0.2, -0.15) is 0 Å². The molecule has 3 saturated carbocycles. The minimum atomic E-state index is -1.48.